The van der Waals surface area contributed by atoms with Crippen molar-refractivity contribution in [1.82, 2.24) is 4.90 Å². The highest BCUT2D eigenvalue weighted by Gasteiger charge is 2.16. The molecule has 3 rings (SSSR count). The lowest BCUT2D eigenvalue weighted by molar-refractivity contribution is -0.116. The van der Waals surface area contributed by atoms with Crippen LogP contribution in [-0.4, -0.2) is 29.7 Å². The quantitative estimate of drug-likeness (QED) is 0.735. The second-order valence-electron chi connectivity index (χ2n) is 7.52. The fraction of sp³-hybridized carbons (Fsp3) is 0.391. The largest absolute Gasteiger partial charge is 0.326 e. The number of nitrogens with one attached hydrogen (secondary N) is 1. The molecule has 2 aromatic rings. The third kappa shape index (κ3) is 6.04. The Bertz CT molecular complexity index is 756. The van der Waals surface area contributed by atoms with Gasteiger partial charge in [-0.1, -0.05) is 49.4 Å². The average Bonchev–Trinajstić information content (AvgIpc) is 2.68. The van der Waals surface area contributed by atoms with E-state index >= 15 is 0 Å². The minimum atomic E-state index is -0.128. The fourth-order valence-corrected chi connectivity index (χ4v) is 3.60. The van der Waals surface area contributed by atoms with Gasteiger partial charge in [-0.2, -0.15) is 0 Å². The number of rotatable bonds is 7. The number of hydrogen-bond donors (Lipinski definition) is 1. The Labute approximate surface area is 161 Å². The van der Waals surface area contributed by atoms with Crippen LogP contribution in [0.4, 0.5) is 5.69 Å². The van der Waals surface area contributed by atoms with Crippen molar-refractivity contribution in [2.24, 2.45) is 5.92 Å². The Morgan fingerprint density at radius 2 is 1.78 bits per heavy atom. The molecule has 4 nitrogen and oxygen atoms in total. The first-order chi connectivity index (χ1) is 13.1. The molecular weight excluding hydrogens is 336 g/mol. The van der Waals surface area contributed by atoms with Gasteiger partial charge in [0, 0.05) is 37.2 Å². The zero-order valence-electron chi connectivity index (χ0n) is 16.0. The van der Waals surface area contributed by atoms with E-state index in [1.807, 2.05) is 30.3 Å². The number of carbonyl (C=O) groups is 2. The van der Waals surface area contributed by atoms with Crippen LogP contribution >= 0.6 is 0 Å². The van der Waals surface area contributed by atoms with Gasteiger partial charge in [-0.25, -0.2) is 0 Å². The summed E-state index contributed by atoms with van der Waals surface area (Å²) in [5, 5.41) is 2.88. The first kappa shape index (κ1) is 19.3. The van der Waals surface area contributed by atoms with Crippen LogP contribution in [0.15, 0.2) is 54.6 Å². The predicted molar refractivity (Wildman–Crippen MR) is 109 cm³/mol. The maximum atomic E-state index is 12.1. The van der Waals surface area contributed by atoms with E-state index in [0.717, 1.165) is 31.2 Å². The normalized spacial score (nSPS) is 17.4. The van der Waals surface area contributed by atoms with Gasteiger partial charge in [0.1, 0.15) is 0 Å². The molecule has 1 atom stereocenters. The third-order valence-electron chi connectivity index (χ3n) is 5.06. The summed E-state index contributed by atoms with van der Waals surface area (Å²) in [5.41, 5.74) is 2.70. The van der Waals surface area contributed by atoms with Crippen LogP contribution in [0.25, 0.3) is 0 Å². The van der Waals surface area contributed by atoms with Crippen molar-refractivity contribution in [3.05, 3.63) is 65.7 Å². The van der Waals surface area contributed by atoms with Crippen LogP contribution in [0.3, 0.4) is 0 Å². The Hall–Kier alpha value is -2.46. The van der Waals surface area contributed by atoms with Crippen molar-refractivity contribution in [3.63, 3.8) is 0 Å². The maximum absolute atomic E-state index is 12.1. The number of ketones is 1. The van der Waals surface area contributed by atoms with Crippen molar-refractivity contribution in [2.75, 3.05) is 18.4 Å². The average molecular weight is 364 g/mol. The van der Waals surface area contributed by atoms with E-state index in [2.05, 4.69) is 29.3 Å². The van der Waals surface area contributed by atoms with Crippen molar-refractivity contribution in [3.8, 4) is 0 Å². The topological polar surface area (TPSA) is 49.4 Å². The van der Waals surface area contributed by atoms with E-state index in [1.54, 1.807) is 12.1 Å². The van der Waals surface area contributed by atoms with Crippen molar-refractivity contribution < 1.29 is 9.59 Å². The molecule has 0 aromatic heterocycles. The van der Waals surface area contributed by atoms with Gasteiger partial charge in [0.15, 0.2) is 5.78 Å². The molecule has 1 amide bonds. The standard InChI is InChI=1S/C23H28N2O2/c1-18-6-5-15-25(16-18)17-19-9-11-21(12-10-19)24-23(27)14-13-22(26)20-7-3-2-4-8-20/h2-4,7-12,18H,5-6,13-17H2,1H3,(H,24,27). The van der Waals surface area contributed by atoms with Crippen LogP contribution in [0, 0.1) is 5.92 Å². The molecular formula is C23H28N2O2. The highest BCUT2D eigenvalue weighted by atomic mass is 16.2. The summed E-state index contributed by atoms with van der Waals surface area (Å²) in [6.07, 6.45) is 3.02. The fourth-order valence-electron chi connectivity index (χ4n) is 3.60. The minimum Gasteiger partial charge on any atom is -0.326 e. The molecule has 0 saturated carbocycles. The molecule has 1 aliphatic heterocycles. The second-order valence-corrected chi connectivity index (χ2v) is 7.52. The predicted octanol–water partition coefficient (Wildman–Crippen LogP) is 4.52. The maximum Gasteiger partial charge on any atom is 0.224 e. The van der Waals surface area contributed by atoms with E-state index in [4.69, 9.17) is 0 Å². The summed E-state index contributed by atoms with van der Waals surface area (Å²) >= 11 is 0. The Morgan fingerprint density at radius 3 is 2.48 bits per heavy atom. The van der Waals surface area contributed by atoms with E-state index in [0.29, 0.717) is 5.56 Å². The lowest BCUT2D eigenvalue weighted by Crippen LogP contribution is -2.33. The number of nitrogens with zero attached hydrogens (tertiary/aromatic N) is 1. The molecule has 1 unspecified atom stereocenters. The smallest absolute Gasteiger partial charge is 0.224 e. The number of amides is 1. The molecule has 1 heterocycles. The molecule has 1 N–H and O–H groups in total. The van der Waals surface area contributed by atoms with Gasteiger partial charge in [-0.15, -0.1) is 0 Å². The number of piperidine rings is 1. The van der Waals surface area contributed by atoms with E-state index in [-0.39, 0.29) is 24.5 Å². The van der Waals surface area contributed by atoms with Crippen LogP contribution < -0.4 is 5.32 Å². The number of hydrogen-bond acceptors (Lipinski definition) is 3. The Morgan fingerprint density at radius 1 is 1.04 bits per heavy atom. The zero-order valence-corrected chi connectivity index (χ0v) is 16.0. The molecule has 0 aliphatic carbocycles. The lowest BCUT2D eigenvalue weighted by Gasteiger charge is -2.30. The highest BCUT2D eigenvalue weighted by Crippen LogP contribution is 2.19. The third-order valence-corrected chi connectivity index (χ3v) is 5.06. The van der Waals surface area contributed by atoms with E-state index < -0.39 is 0 Å². The van der Waals surface area contributed by atoms with Gasteiger partial charge in [0.2, 0.25) is 5.91 Å². The number of anilines is 1. The van der Waals surface area contributed by atoms with Gasteiger partial charge < -0.3 is 5.32 Å². The molecule has 1 fully saturated rings. The number of benzene rings is 2. The van der Waals surface area contributed by atoms with E-state index in [9.17, 15) is 9.59 Å². The van der Waals surface area contributed by atoms with Crippen molar-refractivity contribution in [2.45, 2.75) is 39.2 Å². The lowest BCUT2D eigenvalue weighted by atomic mass is 10.00. The SMILES string of the molecule is CC1CCCN(Cc2ccc(NC(=O)CCC(=O)c3ccccc3)cc2)C1. The van der Waals surface area contributed by atoms with Gasteiger partial charge in [-0.3, -0.25) is 14.5 Å². The summed E-state index contributed by atoms with van der Waals surface area (Å²) in [6.45, 7) is 5.60. The first-order valence-corrected chi connectivity index (χ1v) is 9.79. The molecule has 1 saturated heterocycles. The van der Waals surface area contributed by atoms with Crippen LogP contribution in [0.1, 0.15) is 48.5 Å². The van der Waals surface area contributed by atoms with E-state index in [1.165, 1.54) is 18.4 Å². The van der Waals surface area contributed by atoms with Gasteiger partial charge in [0.05, 0.1) is 0 Å². The first-order valence-electron chi connectivity index (χ1n) is 9.79. The molecule has 4 heteroatoms. The minimum absolute atomic E-state index is 0.00291. The molecule has 0 radical (unpaired) electrons. The van der Waals surface area contributed by atoms with Crippen molar-refractivity contribution in [1.29, 1.82) is 0 Å². The summed E-state index contributed by atoms with van der Waals surface area (Å²) in [6, 6.07) is 17.1. The summed E-state index contributed by atoms with van der Waals surface area (Å²) in [5.74, 6) is 0.643. The van der Waals surface area contributed by atoms with Crippen LogP contribution in [0.5, 0.6) is 0 Å². The molecule has 1 aliphatic rings. The Kier molecular flexibility index (Phi) is 6.77. The molecule has 27 heavy (non-hydrogen) atoms. The number of likely N-dealkylation sites (tertiary alicyclic amines) is 1. The number of Topliss-reactive ketones (excluding diaryl/α,β-unsaturated/α-hetero) is 1. The Balaban J connectivity index is 1.45. The summed E-state index contributed by atoms with van der Waals surface area (Å²) in [7, 11) is 0. The van der Waals surface area contributed by atoms with Gasteiger partial charge in [-0.05, 0) is 43.0 Å². The van der Waals surface area contributed by atoms with Crippen LogP contribution in [-0.2, 0) is 11.3 Å². The molecule has 0 spiro atoms. The molecule has 142 valence electrons. The summed E-state index contributed by atoms with van der Waals surface area (Å²) < 4.78 is 0. The zero-order chi connectivity index (χ0) is 19.1. The molecule has 0 bridgehead atoms. The second kappa shape index (κ2) is 9.47. The van der Waals surface area contributed by atoms with Crippen LogP contribution in [0.2, 0.25) is 0 Å². The van der Waals surface area contributed by atoms with Crippen molar-refractivity contribution >= 4 is 17.4 Å². The highest BCUT2D eigenvalue weighted by molar-refractivity contribution is 5.99. The summed E-state index contributed by atoms with van der Waals surface area (Å²) in [4.78, 5) is 26.7. The van der Waals surface area contributed by atoms with Gasteiger partial charge >= 0.3 is 0 Å². The van der Waals surface area contributed by atoms with Gasteiger partial charge in [0.25, 0.3) is 0 Å². The number of carbonyl (C=O) groups excluding carboxylic acids is 2. The molecule has 2 aromatic carbocycles. The monoisotopic (exact) mass is 364 g/mol.